The summed E-state index contributed by atoms with van der Waals surface area (Å²) in [6, 6.07) is 0.115. The molecule has 1 fully saturated rings. The number of hydrogen-bond acceptors (Lipinski definition) is 4. The van der Waals surface area contributed by atoms with Crippen LogP contribution < -0.4 is 0 Å². The Morgan fingerprint density at radius 1 is 1.28 bits per heavy atom. The van der Waals surface area contributed by atoms with Gasteiger partial charge in [-0.15, -0.1) is 0 Å². The molecule has 1 saturated carbocycles. The monoisotopic (exact) mass is 257 g/mol. The Bertz CT molecular complexity index is 285. The number of carbonyl (C=O) groups excluding carboxylic acids is 2. The van der Waals surface area contributed by atoms with Crippen LogP contribution in [0.2, 0.25) is 0 Å². The second-order valence-electron chi connectivity index (χ2n) is 5.11. The largest absolute Gasteiger partial charge is 0.468 e. The maximum atomic E-state index is 12.0. The molecule has 0 spiro atoms. The highest BCUT2D eigenvalue weighted by Crippen LogP contribution is 2.24. The van der Waals surface area contributed by atoms with E-state index in [0.717, 1.165) is 25.7 Å². The number of nitrogens with zero attached hydrogens (tertiary/aromatic N) is 1. The maximum absolute atomic E-state index is 12.0. The molecule has 1 aliphatic rings. The van der Waals surface area contributed by atoms with Gasteiger partial charge in [0.2, 0.25) is 0 Å². The highest BCUT2D eigenvalue weighted by atomic mass is 16.6. The van der Waals surface area contributed by atoms with Crippen LogP contribution in [0.3, 0.4) is 0 Å². The Kier molecular flexibility index (Phi) is 5.95. The fraction of sp³-hybridized carbons (Fsp3) is 0.846. The van der Waals surface area contributed by atoms with Crippen molar-refractivity contribution in [3.8, 4) is 0 Å². The van der Waals surface area contributed by atoms with Gasteiger partial charge in [0.1, 0.15) is 6.54 Å². The molecule has 5 nitrogen and oxygen atoms in total. The van der Waals surface area contributed by atoms with Gasteiger partial charge in [0.15, 0.2) is 0 Å². The molecular formula is C13H23NO4. The van der Waals surface area contributed by atoms with Crippen molar-refractivity contribution in [1.82, 2.24) is 4.90 Å². The van der Waals surface area contributed by atoms with E-state index in [4.69, 9.17) is 4.74 Å². The Hall–Kier alpha value is -1.26. The van der Waals surface area contributed by atoms with Gasteiger partial charge >= 0.3 is 12.1 Å². The van der Waals surface area contributed by atoms with Crippen LogP contribution in [0.4, 0.5) is 4.79 Å². The molecule has 0 aromatic rings. The average Bonchev–Trinajstić information content (AvgIpc) is 2.86. The third-order valence-corrected chi connectivity index (χ3v) is 3.07. The number of rotatable bonds is 5. The Morgan fingerprint density at radius 2 is 1.89 bits per heavy atom. The van der Waals surface area contributed by atoms with E-state index in [2.05, 4.69) is 4.74 Å². The van der Waals surface area contributed by atoms with Crippen LogP contribution in [-0.4, -0.2) is 43.3 Å². The van der Waals surface area contributed by atoms with E-state index in [1.807, 2.05) is 13.8 Å². The lowest BCUT2D eigenvalue weighted by Gasteiger charge is -2.27. The second kappa shape index (κ2) is 7.24. The van der Waals surface area contributed by atoms with Crippen molar-refractivity contribution >= 4 is 12.1 Å². The zero-order valence-corrected chi connectivity index (χ0v) is 11.5. The van der Waals surface area contributed by atoms with Gasteiger partial charge in [-0.3, -0.25) is 9.69 Å². The van der Waals surface area contributed by atoms with E-state index in [1.165, 1.54) is 12.0 Å². The van der Waals surface area contributed by atoms with Crippen molar-refractivity contribution in [1.29, 1.82) is 0 Å². The lowest BCUT2D eigenvalue weighted by atomic mass is 10.2. The summed E-state index contributed by atoms with van der Waals surface area (Å²) >= 11 is 0. The smallest absolute Gasteiger partial charge is 0.410 e. The average molecular weight is 257 g/mol. The van der Waals surface area contributed by atoms with Gasteiger partial charge in [-0.2, -0.15) is 0 Å². The SMILES string of the molecule is COC(=O)CN(C(=O)OCC(C)C)C1CCCC1. The standard InChI is InChI=1S/C13H23NO4/c1-10(2)9-18-13(16)14(8-12(15)17-3)11-6-4-5-7-11/h10-11H,4-9H2,1-3H3. The second-order valence-corrected chi connectivity index (χ2v) is 5.11. The highest BCUT2D eigenvalue weighted by molar-refractivity contribution is 5.78. The van der Waals surface area contributed by atoms with E-state index in [0.29, 0.717) is 6.61 Å². The zero-order valence-electron chi connectivity index (χ0n) is 11.5. The summed E-state index contributed by atoms with van der Waals surface area (Å²) in [7, 11) is 1.33. The molecule has 1 rings (SSSR count). The minimum Gasteiger partial charge on any atom is -0.468 e. The van der Waals surface area contributed by atoms with Crippen molar-refractivity contribution in [2.45, 2.75) is 45.6 Å². The molecule has 104 valence electrons. The lowest BCUT2D eigenvalue weighted by molar-refractivity contribution is -0.142. The Balaban J connectivity index is 2.57. The van der Waals surface area contributed by atoms with E-state index >= 15 is 0 Å². The van der Waals surface area contributed by atoms with E-state index in [1.54, 1.807) is 0 Å². The number of carbonyl (C=O) groups is 2. The number of amides is 1. The maximum Gasteiger partial charge on any atom is 0.410 e. The number of esters is 1. The number of ether oxygens (including phenoxy) is 2. The first-order valence-corrected chi connectivity index (χ1v) is 6.54. The minimum absolute atomic E-state index is 0.0158. The van der Waals surface area contributed by atoms with Crippen molar-refractivity contribution < 1.29 is 19.1 Å². The minimum atomic E-state index is -0.402. The molecule has 0 saturated heterocycles. The molecule has 5 heteroatoms. The van der Waals surface area contributed by atoms with Gasteiger partial charge in [0.05, 0.1) is 13.7 Å². The van der Waals surface area contributed by atoms with Crippen LogP contribution in [0.25, 0.3) is 0 Å². The highest BCUT2D eigenvalue weighted by Gasteiger charge is 2.29. The Morgan fingerprint density at radius 3 is 2.39 bits per heavy atom. The summed E-state index contributed by atoms with van der Waals surface area (Å²) in [4.78, 5) is 24.8. The normalized spacial score (nSPS) is 15.8. The van der Waals surface area contributed by atoms with Gasteiger partial charge in [-0.05, 0) is 18.8 Å². The first-order chi connectivity index (χ1) is 8.54. The predicted octanol–water partition coefficient (Wildman–Crippen LogP) is 2.20. The van der Waals surface area contributed by atoms with Crippen LogP contribution in [0.15, 0.2) is 0 Å². The molecule has 0 aliphatic heterocycles. The summed E-state index contributed by atoms with van der Waals surface area (Å²) in [5.74, 6) is -0.110. The van der Waals surface area contributed by atoms with Crippen LogP contribution in [0.5, 0.6) is 0 Å². The third-order valence-electron chi connectivity index (χ3n) is 3.07. The topological polar surface area (TPSA) is 55.8 Å². The van der Waals surface area contributed by atoms with Crippen LogP contribution in [0.1, 0.15) is 39.5 Å². The van der Waals surface area contributed by atoms with E-state index < -0.39 is 12.1 Å². The van der Waals surface area contributed by atoms with Crippen LogP contribution in [0, 0.1) is 5.92 Å². The molecule has 0 unspecified atom stereocenters. The van der Waals surface area contributed by atoms with Crippen LogP contribution in [-0.2, 0) is 14.3 Å². The molecule has 0 aromatic heterocycles. The molecule has 0 atom stereocenters. The number of methoxy groups -OCH3 is 1. The van der Waals surface area contributed by atoms with Crippen molar-refractivity contribution in [3.63, 3.8) is 0 Å². The summed E-state index contributed by atoms with van der Waals surface area (Å²) < 4.78 is 9.83. The number of hydrogen-bond donors (Lipinski definition) is 0. The molecule has 0 radical (unpaired) electrons. The molecule has 0 heterocycles. The molecule has 0 aromatic carbocycles. The zero-order chi connectivity index (χ0) is 13.5. The van der Waals surface area contributed by atoms with Gasteiger partial charge in [0, 0.05) is 6.04 Å². The predicted molar refractivity (Wildman–Crippen MR) is 67.2 cm³/mol. The van der Waals surface area contributed by atoms with Crippen molar-refractivity contribution in [3.05, 3.63) is 0 Å². The summed E-state index contributed by atoms with van der Waals surface area (Å²) in [5.41, 5.74) is 0. The molecule has 0 N–H and O–H groups in total. The first kappa shape index (κ1) is 14.8. The van der Waals surface area contributed by atoms with Gasteiger partial charge in [0.25, 0.3) is 0 Å². The van der Waals surface area contributed by atoms with Gasteiger partial charge in [-0.25, -0.2) is 4.79 Å². The van der Waals surface area contributed by atoms with Gasteiger partial charge in [-0.1, -0.05) is 26.7 Å². The Labute approximate surface area is 108 Å². The third kappa shape index (κ3) is 4.55. The first-order valence-electron chi connectivity index (χ1n) is 6.54. The van der Waals surface area contributed by atoms with Gasteiger partial charge < -0.3 is 9.47 Å². The summed E-state index contributed by atoms with van der Waals surface area (Å²) in [5, 5.41) is 0. The van der Waals surface area contributed by atoms with E-state index in [9.17, 15) is 9.59 Å². The summed E-state index contributed by atoms with van der Waals surface area (Å²) in [6.45, 7) is 4.32. The van der Waals surface area contributed by atoms with Crippen molar-refractivity contribution in [2.75, 3.05) is 20.3 Å². The van der Waals surface area contributed by atoms with E-state index in [-0.39, 0.29) is 18.5 Å². The fourth-order valence-corrected chi connectivity index (χ4v) is 2.08. The molecular weight excluding hydrogens is 234 g/mol. The lowest BCUT2D eigenvalue weighted by Crippen LogP contribution is -2.43. The van der Waals surface area contributed by atoms with Crippen molar-refractivity contribution in [2.24, 2.45) is 5.92 Å². The summed E-state index contributed by atoms with van der Waals surface area (Å²) in [6.07, 6.45) is 3.67. The quantitative estimate of drug-likeness (QED) is 0.708. The fourth-order valence-electron chi connectivity index (χ4n) is 2.08. The molecule has 1 aliphatic carbocycles. The molecule has 18 heavy (non-hydrogen) atoms. The molecule has 1 amide bonds. The molecule has 0 bridgehead atoms. The van der Waals surface area contributed by atoms with Crippen LogP contribution >= 0.6 is 0 Å².